The number of hydrogen-bond donors (Lipinski definition) is 0. The first-order valence-corrected chi connectivity index (χ1v) is 4.86. The molecule has 4 heteroatoms. The van der Waals surface area contributed by atoms with Crippen LogP contribution in [0.1, 0.15) is 13.8 Å². The van der Waals surface area contributed by atoms with Crippen LogP contribution in [0.3, 0.4) is 0 Å². The number of esters is 2. The number of rotatable bonds is 6. The van der Waals surface area contributed by atoms with Crippen LogP contribution in [0, 0.1) is 0 Å². The number of allylic oxidation sites excluding steroid dienone is 3. The van der Waals surface area contributed by atoms with Crippen LogP contribution in [0.15, 0.2) is 36.5 Å². The Hall–Kier alpha value is -1.84. The molecule has 0 radical (unpaired) electrons. The molecule has 0 saturated carbocycles. The molecule has 4 nitrogen and oxygen atoms in total. The average Bonchev–Trinajstić information content (AvgIpc) is 2.24. The van der Waals surface area contributed by atoms with E-state index in [1.165, 1.54) is 6.08 Å². The highest BCUT2D eigenvalue weighted by Gasteiger charge is 2.03. The minimum atomic E-state index is -0.486. The summed E-state index contributed by atoms with van der Waals surface area (Å²) in [5.74, 6) is -0.954. The fraction of sp³-hybridized carbons (Fsp3) is 0.333. The lowest BCUT2D eigenvalue weighted by atomic mass is 10.4. The third kappa shape index (κ3) is 7.55. The van der Waals surface area contributed by atoms with Gasteiger partial charge in [-0.2, -0.15) is 0 Å². The van der Waals surface area contributed by atoms with Crippen molar-refractivity contribution in [2.24, 2.45) is 0 Å². The Morgan fingerprint density at radius 2 is 1.81 bits per heavy atom. The Balaban J connectivity index is 3.63. The smallest absolute Gasteiger partial charge is 0.333 e. The third-order valence-corrected chi connectivity index (χ3v) is 1.45. The second-order valence-corrected chi connectivity index (χ2v) is 2.97. The molecule has 0 aliphatic carbocycles. The van der Waals surface area contributed by atoms with Crippen LogP contribution in [0.5, 0.6) is 0 Å². The monoisotopic (exact) mass is 224 g/mol. The van der Waals surface area contributed by atoms with Crippen molar-refractivity contribution in [2.45, 2.75) is 13.8 Å². The SMILES string of the molecule is C=C(C)C(=O)OCCOC(=O)C=CC=CC. The fourth-order valence-corrected chi connectivity index (χ4v) is 0.693. The van der Waals surface area contributed by atoms with E-state index in [9.17, 15) is 9.59 Å². The fourth-order valence-electron chi connectivity index (χ4n) is 0.693. The quantitative estimate of drug-likeness (QED) is 0.299. The van der Waals surface area contributed by atoms with Crippen LogP contribution >= 0.6 is 0 Å². The lowest BCUT2D eigenvalue weighted by Crippen LogP contribution is -2.12. The summed E-state index contributed by atoms with van der Waals surface area (Å²) in [5, 5.41) is 0. The summed E-state index contributed by atoms with van der Waals surface area (Å²) in [7, 11) is 0. The van der Waals surface area contributed by atoms with Crippen molar-refractivity contribution in [3.63, 3.8) is 0 Å². The molecule has 0 atom stereocenters. The molecule has 0 aromatic rings. The minimum absolute atomic E-state index is 0.0366. The Labute approximate surface area is 95.2 Å². The van der Waals surface area contributed by atoms with Gasteiger partial charge in [0.05, 0.1) is 0 Å². The maximum absolute atomic E-state index is 11.0. The lowest BCUT2D eigenvalue weighted by Gasteiger charge is -2.03. The van der Waals surface area contributed by atoms with Gasteiger partial charge >= 0.3 is 11.9 Å². The van der Waals surface area contributed by atoms with Gasteiger partial charge in [-0.15, -0.1) is 0 Å². The molecule has 0 aliphatic rings. The van der Waals surface area contributed by atoms with Gasteiger partial charge in [-0.25, -0.2) is 9.59 Å². The van der Waals surface area contributed by atoms with E-state index in [0.29, 0.717) is 5.57 Å². The molecule has 0 bridgehead atoms. The molecule has 88 valence electrons. The Morgan fingerprint density at radius 1 is 1.19 bits per heavy atom. The lowest BCUT2D eigenvalue weighted by molar-refractivity contribution is -0.146. The molecular weight excluding hydrogens is 208 g/mol. The van der Waals surface area contributed by atoms with Crippen molar-refractivity contribution >= 4 is 11.9 Å². The van der Waals surface area contributed by atoms with Gasteiger partial charge in [0, 0.05) is 11.6 Å². The molecule has 0 amide bonds. The molecule has 0 rings (SSSR count). The van der Waals surface area contributed by atoms with Gasteiger partial charge in [-0.1, -0.05) is 24.8 Å². The minimum Gasteiger partial charge on any atom is -0.459 e. The summed E-state index contributed by atoms with van der Waals surface area (Å²) < 4.78 is 9.48. The van der Waals surface area contributed by atoms with Crippen LogP contribution in [0.4, 0.5) is 0 Å². The van der Waals surface area contributed by atoms with E-state index in [-0.39, 0.29) is 13.2 Å². The maximum atomic E-state index is 11.0. The number of carbonyl (C=O) groups excluding carboxylic acids is 2. The van der Waals surface area contributed by atoms with Crippen LogP contribution in [-0.4, -0.2) is 25.2 Å². The zero-order chi connectivity index (χ0) is 12.4. The molecule has 0 aromatic heterocycles. The first kappa shape index (κ1) is 14.2. The molecule has 0 aliphatic heterocycles. The van der Waals surface area contributed by atoms with E-state index in [1.807, 2.05) is 6.92 Å². The van der Waals surface area contributed by atoms with Gasteiger partial charge in [0.25, 0.3) is 0 Å². The molecule has 0 spiro atoms. The van der Waals surface area contributed by atoms with Crippen LogP contribution in [-0.2, 0) is 19.1 Å². The number of ether oxygens (including phenoxy) is 2. The predicted molar refractivity (Wildman–Crippen MR) is 60.7 cm³/mol. The zero-order valence-electron chi connectivity index (χ0n) is 9.56. The van der Waals surface area contributed by atoms with E-state index in [0.717, 1.165) is 0 Å². The van der Waals surface area contributed by atoms with E-state index in [4.69, 9.17) is 9.47 Å². The standard InChI is InChI=1S/C12H16O4/c1-4-5-6-7-11(13)15-8-9-16-12(14)10(2)3/h4-7H,2,8-9H2,1,3H3. The molecule has 0 aromatic carbocycles. The molecule has 16 heavy (non-hydrogen) atoms. The van der Waals surface area contributed by atoms with Gasteiger partial charge < -0.3 is 9.47 Å². The number of hydrogen-bond acceptors (Lipinski definition) is 4. The predicted octanol–water partition coefficient (Wildman–Crippen LogP) is 1.78. The molecule has 0 fully saturated rings. The third-order valence-electron chi connectivity index (χ3n) is 1.45. The van der Waals surface area contributed by atoms with Crippen LogP contribution < -0.4 is 0 Å². The Kier molecular flexibility index (Phi) is 7.49. The summed E-state index contributed by atoms with van der Waals surface area (Å²) in [6, 6.07) is 0. The average molecular weight is 224 g/mol. The zero-order valence-corrected chi connectivity index (χ0v) is 9.56. The van der Waals surface area contributed by atoms with E-state index < -0.39 is 11.9 Å². The molecule has 0 saturated heterocycles. The summed E-state index contributed by atoms with van der Waals surface area (Å²) in [5.41, 5.74) is 0.319. The van der Waals surface area contributed by atoms with Crippen LogP contribution in [0.2, 0.25) is 0 Å². The van der Waals surface area contributed by atoms with E-state index >= 15 is 0 Å². The van der Waals surface area contributed by atoms with Crippen molar-refractivity contribution in [3.8, 4) is 0 Å². The highest BCUT2D eigenvalue weighted by molar-refractivity contribution is 5.87. The summed E-state index contributed by atoms with van der Waals surface area (Å²) in [4.78, 5) is 21.9. The number of carbonyl (C=O) groups is 2. The second-order valence-electron chi connectivity index (χ2n) is 2.97. The largest absolute Gasteiger partial charge is 0.459 e. The normalized spacial score (nSPS) is 10.6. The Bertz CT molecular complexity index is 313. The summed E-state index contributed by atoms with van der Waals surface area (Å²) in [6.45, 7) is 6.88. The first-order valence-electron chi connectivity index (χ1n) is 4.86. The van der Waals surface area contributed by atoms with Gasteiger partial charge in [-0.05, 0) is 13.8 Å². The topological polar surface area (TPSA) is 52.6 Å². The van der Waals surface area contributed by atoms with Crippen molar-refractivity contribution < 1.29 is 19.1 Å². The highest BCUT2D eigenvalue weighted by atomic mass is 16.6. The van der Waals surface area contributed by atoms with Gasteiger partial charge in [0.15, 0.2) is 0 Å². The summed E-state index contributed by atoms with van der Waals surface area (Å²) in [6.07, 6.45) is 6.36. The first-order chi connectivity index (χ1) is 7.57. The van der Waals surface area contributed by atoms with Crippen LogP contribution in [0.25, 0.3) is 0 Å². The van der Waals surface area contributed by atoms with E-state index in [2.05, 4.69) is 6.58 Å². The van der Waals surface area contributed by atoms with Gasteiger partial charge in [0.2, 0.25) is 0 Å². The van der Waals surface area contributed by atoms with Crippen molar-refractivity contribution in [3.05, 3.63) is 36.5 Å². The Morgan fingerprint density at radius 3 is 2.38 bits per heavy atom. The molecule has 0 N–H and O–H groups in total. The van der Waals surface area contributed by atoms with Crippen molar-refractivity contribution in [1.29, 1.82) is 0 Å². The highest BCUT2D eigenvalue weighted by Crippen LogP contribution is 1.92. The van der Waals surface area contributed by atoms with Gasteiger partial charge in [0.1, 0.15) is 13.2 Å². The molecule has 0 unspecified atom stereocenters. The molecule has 0 heterocycles. The second kappa shape index (κ2) is 8.47. The van der Waals surface area contributed by atoms with Crippen molar-refractivity contribution in [1.82, 2.24) is 0 Å². The van der Waals surface area contributed by atoms with Crippen molar-refractivity contribution in [2.75, 3.05) is 13.2 Å². The van der Waals surface area contributed by atoms with E-state index in [1.54, 1.807) is 25.2 Å². The molecular formula is C12H16O4. The van der Waals surface area contributed by atoms with Gasteiger partial charge in [-0.3, -0.25) is 0 Å². The maximum Gasteiger partial charge on any atom is 0.333 e. The summed E-state index contributed by atoms with van der Waals surface area (Å²) >= 11 is 0.